The number of ether oxygens (including phenoxy) is 2. The number of carbonyl (C=O) groups is 1. The summed E-state index contributed by atoms with van der Waals surface area (Å²) in [5.74, 6) is -0.590. The summed E-state index contributed by atoms with van der Waals surface area (Å²) in [7, 11) is 2.73. The standard InChI is InChI=1S/C17H17FN2O3/c1-9-6-11(12(7-19-9)17(21)23-3)14-13(22-2)8-20-16(15(14)18)10-4-5-10/h6-8,10H,4-5H2,1-3H3. The molecule has 0 amide bonds. The molecule has 6 heteroatoms. The number of pyridine rings is 2. The molecule has 1 fully saturated rings. The van der Waals surface area contributed by atoms with Crippen molar-refractivity contribution in [1.82, 2.24) is 9.97 Å². The van der Waals surface area contributed by atoms with E-state index in [4.69, 9.17) is 9.47 Å². The van der Waals surface area contributed by atoms with Gasteiger partial charge in [-0.2, -0.15) is 0 Å². The lowest BCUT2D eigenvalue weighted by atomic mass is 9.98. The first-order valence-corrected chi connectivity index (χ1v) is 7.34. The summed E-state index contributed by atoms with van der Waals surface area (Å²) >= 11 is 0. The summed E-state index contributed by atoms with van der Waals surface area (Å²) in [6.45, 7) is 1.78. The van der Waals surface area contributed by atoms with Gasteiger partial charge in [0.1, 0.15) is 5.75 Å². The summed E-state index contributed by atoms with van der Waals surface area (Å²) in [5, 5.41) is 0. The summed E-state index contributed by atoms with van der Waals surface area (Å²) in [4.78, 5) is 20.3. The third kappa shape index (κ3) is 2.76. The van der Waals surface area contributed by atoms with Crippen LogP contribution in [0.4, 0.5) is 4.39 Å². The Balaban J connectivity index is 2.27. The van der Waals surface area contributed by atoms with Crippen LogP contribution >= 0.6 is 0 Å². The highest BCUT2D eigenvalue weighted by atomic mass is 19.1. The molecule has 0 atom stereocenters. The van der Waals surface area contributed by atoms with Gasteiger partial charge in [0.25, 0.3) is 0 Å². The van der Waals surface area contributed by atoms with Crippen molar-refractivity contribution < 1.29 is 18.7 Å². The summed E-state index contributed by atoms with van der Waals surface area (Å²) in [6, 6.07) is 1.66. The molecule has 2 heterocycles. The minimum absolute atomic E-state index is 0.143. The molecule has 1 aliphatic rings. The van der Waals surface area contributed by atoms with Gasteiger partial charge >= 0.3 is 5.97 Å². The highest BCUT2D eigenvalue weighted by Gasteiger charge is 2.32. The Morgan fingerprint density at radius 2 is 2.00 bits per heavy atom. The van der Waals surface area contributed by atoms with Crippen molar-refractivity contribution >= 4 is 5.97 Å². The molecule has 120 valence electrons. The zero-order valence-electron chi connectivity index (χ0n) is 13.2. The number of halogens is 1. The van der Waals surface area contributed by atoms with Crippen molar-refractivity contribution in [2.45, 2.75) is 25.7 Å². The Hall–Kier alpha value is -2.50. The van der Waals surface area contributed by atoms with Crippen LogP contribution in [0.2, 0.25) is 0 Å². The molecular formula is C17H17FN2O3. The van der Waals surface area contributed by atoms with E-state index in [0.717, 1.165) is 12.8 Å². The van der Waals surface area contributed by atoms with Crippen LogP contribution in [0, 0.1) is 12.7 Å². The molecule has 0 unspecified atom stereocenters. The normalized spacial score (nSPS) is 13.7. The second kappa shape index (κ2) is 5.95. The molecule has 0 N–H and O–H groups in total. The fourth-order valence-corrected chi connectivity index (χ4v) is 2.57. The SMILES string of the molecule is COC(=O)c1cnc(C)cc1-c1c(OC)cnc(C2CC2)c1F. The maximum absolute atomic E-state index is 15.1. The lowest BCUT2D eigenvalue weighted by Gasteiger charge is -2.15. The monoisotopic (exact) mass is 316 g/mol. The van der Waals surface area contributed by atoms with E-state index in [0.29, 0.717) is 17.0 Å². The predicted octanol–water partition coefficient (Wildman–Crippen LogP) is 3.26. The van der Waals surface area contributed by atoms with E-state index in [9.17, 15) is 4.79 Å². The summed E-state index contributed by atoms with van der Waals surface area (Å²) in [5.41, 5.74) is 1.92. The fraction of sp³-hybridized carbons (Fsp3) is 0.353. The van der Waals surface area contributed by atoms with Gasteiger partial charge in [-0.25, -0.2) is 9.18 Å². The molecule has 0 saturated heterocycles. The van der Waals surface area contributed by atoms with Gasteiger partial charge in [-0.1, -0.05) is 0 Å². The molecule has 5 nitrogen and oxygen atoms in total. The Morgan fingerprint density at radius 1 is 1.26 bits per heavy atom. The van der Waals surface area contributed by atoms with E-state index in [1.54, 1.807) is 13.0 Å². The average molecular weight is 316 g/mol. The van der Waals surface area contributed by atoms with E-state index >= 15 is 4.39 Å². The highest BCUT2D eigenvalue weighted by molar-refractivity contribution is 5.98. The first kappa shape index (κ1) is 15.4. The second-order valence-corrected chi connectivity index (χ2v) is 5.54. The van der Waals surface area contributed by atoms with Crippen molar-refractivity contribution in [3.05, 3.63) is 41.2 Å². The Morgan fingerprint density at radius 3 is 2.61 bits per heavy atom. The van der Waals surface area contributed by atoms with E-state index in [-0.39, 0.29) is 22.8 Å². The quantitative estimate of drug-likeness (QED) is 0.810. The number of nitrogens with zero attached hydrogens (tertiary/aromatic N) is 2. The number of hydrogen-bond acceptors (Lipinski definition) is 5. The molecular weight excluding hydrogens is 299 g/mol. The Labute approximate surface area is 133 Å². The van der Waals surface area contributed by atoms with Crippen LogP contribution in [-0.2, 0) is 4.74 Å². The first-order valence-electron chi connectivity index (χ1n) is 7.34. The third-order valence-corrected chi connectivity index (χ3v) is 3.91. The number of aryl methyl sites for hydroxylation is 1. The smallest absolute Gasteiger partial charge is 0.340 e. The van der Waals surface area contributed by atoms with Gasteiger partial charge in [0, 0.05) is 23.4 Å². The van der Waals surface area contributed by atoms with Gasteiger partial charge in [0.2, 0.25) is 0 Å². The maximum Gasteiger partial charge on any atom is 0.340 e. The zero-order valence-corrected chi connectivity index (χ0v) is 13.2. The van der Waals surface area contributed by atoms with Gasteiger partial charge in [-0.3, -0.25) is 9.97 Å². The Bertz CT molecular complexity index is 773. The molecule has 0 aromatic carbocycles. The van der Waals surface area contributed by atoms with Crippen LogP contribution in [0.3, 0.4) is 0 Å². The van der Waals surface area contributed by atoms with Gasteiger partial charge in [0.15, 0.2) is 5.82 Å². The molecule has 0 spiro atoms. The van der Waals surface area contributed by atoms with Crippen molar-refractivity contribution in [3.63, 3.8) is 0 Å². The number of hydrogen-bond donors (Lipinski definition) is 0. The van der Waals surface area contributed by atoms with E-state index in [1.807, 2.05) is 0 Å². The highest BCUT2D eigenvalue weighted by Crippen LogP contribution is 2.44. The molecule has 3 rings (SSSR count). The molecule has 0 bridgehead atoms. The van der Waals surface area contributed by atoms with Crippen LogP contribution in [0.25, 0.3) is 11.1 Å². The molecule has 0 radical (unpaired) electrons. The number of rotatable bonds is 4. The predicted molar refractivity (Wildman–Crippen MR) is 82.0 cm³/mol. The van der Waals surface area contributed by atoms with Crippen molar-refractivity contribution in [2.75, 3.05) is 14.2 Å². The van der Waals surface area contributed by atoms with Crippen molar-refractivity contribution in [2.24, 2.45) is 0 Å². The molecule has 23 heavy (non-hydrogen) atoms. The van der Waals surface area contributed by atoms with Crippen LogP contribution < -0.4 is 4.74 Å². The topological polar surface area (TPSA) is 61.3 Å². The molecule has 0 aliphatic heterocycles. The minimum atomic E-state index is -0.571. The van der Waals surface area contributed by atoms with Crippen molar-refractivity contribution in [3.8, 4) is 16.9 Å². The summed E-state index contributed by atoms with van der Waals surface area (Å²) in [6.07, 6.45) is 4.75. The number of methoxy groups -OCH3 is 2. The average Bonchev–Trinajstić information content (AvgIpc) is 3.38. The third-order valence-electron chi connectivity index (χ3n) is 3.91. The van der Waals surface area contributed by atoms with Gasteiger partial charge in [-0.15, -0.1) is 0 Å². The Kier molecular flexibility index (Phi) is 3.98. The van der Waals surface area contributed by atoms with Gasteiger partial charge in [0.05, 0.1) is 37.2 Å². The van der Waals surface area contributed by atoms with Crippen LogP contribution in [-0.4, -0.2) is 30.2 Å². The first-order chi connectivity index (χ1) is 11.1. The minimum Gasteiger partial charge on any atom is -0.494 e. The van der Waals surface area contributed by atoms with E-state index in [2.05, 4.69) is 9.97 Å². The van der Waals surface area contributed by atoms with Gasteiger partial charge < -0.3 is 9.47 Å². The number of aromatic nitrogens is 2. The molecule has 2 aromatic rings. The number of carbonyl (C=O) groups excluding carboxylic acids is 1. The lowest BCUT2D eigenvalue weighted by molar-refractivity contribution is 0.0601. The van der Waals surface area contributed by atoms with Gasteiger partial charge in [-0.05, 0) is 25.8 Å². The second-order valence-electron chi connectivity index (χ2n) is 5.54. The molecule has 2 aromatic heterocycles. The lowest BCUT2D eigenvalue weighted by Crippen LogP contribution is -2.08. The van der Waals surface area contributed by atoms with Crippen LogP contribution in [0.5, 0.6) is 5.75 Å². The van der Waals surface area contributed by atoms with Crippen LogP contribution in [0.1, 0.15) is 40.5 Å². The number of esters is 1. The fourth-order valence-electron chi connectivity index (χ4n) is 2.57. The molecule has 1 saturated carbocycles. The summed E-state index contributed by atoms with van der Waals surface area (Å²) < 4.78 is 25.1. The van der Waals surface area contributed by atoms with Crippen LogP contribution in [0.15, 0.2) is 18.5 Å². The molecule has 1 aliphatic carbocycles. The van der Waals surface area contributed by atoms with E-state index < -0.39 is 11.8 Å². The van der Waals surface area contributed by atoms with E-state index in [1.165, 1.54) is 26.6 Å². The largest absolute Gasteiger partial charge is 0.494 e. The van der Waals surface area contributed by atoms with Crippen molar-refractivity contribution in [1.29, 1.82) is 0 Å². The zero-order chi connectivity index (χ0) is 16.6. The maximum atomic E-state index is 15.1.